The lowest BCUT2D eigenvalue weighted by atomic mass is 9.92. The normalized spacial score (nSPS) is 32.8. The molecule has 3 atom stereocenters. The Labute approximate surface area is 123 Å². The predicted octanol–water partition coefficient (Wildman–Crippen LogP) is 1.21. The molecule has 0 aromatic rings. The number of rotatable bonds is 2. The van der Waals surface area contributed by atoms with Crippen LogP contribution in [0, 0.1) is 11.8 Å². The number of halogens is 1. The number of nitrogens with one attached hydrogen (secondary N) is 1. The van der Waals surface area contributed by atoms with Crippen molar-refractivity contribution in [2.24, 2.45) is 11.8 Å². The summed E-state index contributed by atoms with van der Waals surface area (Å²) in [7, 11) is 0. The van der Waals surface area contributed by atoms with Crippen molar-refractivity contribution in [2.45, 2.75) is 33.2 Å². The van der Waals surface area contributed by atoms with Crippen LogP contribution in [0.15, 0.2) is 0 Å². The second kappa shape index (κ2) is 7.46. The smallest absolute Gasteiger partial charge is 0.236 e. The summed E-state index contributed by atoms with van der Waals surface area (Å²) in [5.41, 5.74) is 0. The Morgan fingerprint density at radius 2 is 1.84 bits per heavy atom. The summed E-state index contributed by atoms with van der Waals surface area (Å²) >= 11 is 0. The quantitative estimate of drug-likeness (QED) is 0.830. The summed E-state index contributed by atoms with van der Waals surface area (Å²) < 4.78 is 0. The fourth-order valence-electron chi connectivity index (χ4n) is 3.26. The van der Waals surface area contributed by atoms with E-state index < -0.39 is 0 Å². The Morgan fingerprint density at radius 1 is 1.21 bits per heavy atom. The third kappa shape index (κ3) is 4.62. The Kier molecular flexibility index (Phi) is 6.57. The molecule has 2 heterocycles. The third-order valence-corrected chi connectivity index (χ3v) is 4.20. The SMILES string of the molecule is CC1CC(C)CN(C(=O)CN2CCNC[C@@H]2C)C1.Cl. The summed E-state index contributed by atoms with van der Waals surface area (Å²) in [5.74, 6) is 1.62. The molecule has 2 aliphatic rings. The van der Waals surface area contributed by atoms with Gasteiger partial charge in [0.05, 0.1) is 6.54 Å². The fourth-order valence-corrected chi connectivity index (χ4v) is 3.26. The molecule has 2 rings (SSSR count). The van der Waals surface area contributed by atoms with Gasteiger partial charge < -0.3 is 10.2 Å². The first-order chi connectivity index (χ1) is 8.56. The summed E-state index contributed by atoms with van der Waals surface area (Å²) in [6, 6.07) is 0.474. The predicted molar refractivity (Wildman–Crippen MR) is 80.7 cm³/mol. The molecule has 2 saturated heterocycles. The van der Waals surface area contributed by atoms with E-state index in [4.69, 9.17) is 0 Å². The van der Waals surface area contributed by atoms with Gasteiger partial charge in [-0.1, -0.05) is 13.8 Å². The van der Waals surface area contributed by atoms with Gasteiger partial charge in [0, 0.05) is 38.8 Å². The summed E-state index contributed by atoms with van der Waals surface area (Å²) in [6.07, 6.45) is 1.26. The van der Waals surface area contributed by atoms with E-state index in [9.17, 15) is 4.79 Å². The molecule has 0 aromatic carbocycles. The van der Waals surface area contributed by atoms with Gasteiger partial charge in [0.15, 0.2) is 0 Å². The number of nitrogens with zero attached hydrogens (tertiary/aromatic N) is 2. The Balaban J connectivity index is 0.00000180. The number of carbonyl (C=O) groups excluding carboxylic acids is 1. The van der Waals surface area contributed by atoms with Crippen LogP contribution in [0.5, 0.6) is 0 Å². The average molecular weight is 290 g/mol. The number of amides is 1. The van der Waals surface area contributed by atoms with Gasteiger partial charge >= 0.3 is 0 Å². The van der Waals surface area contributed by atoms with Gasteiger partial charge in [0.25, 0.3) is 0 Å². The van der Waals surface area contributed by atoms with Crippen LogP contribution in [0.2, 0.25) is 0 Å². The van der Waals surface area contributed by atoms with Gasteiger partial charge in [0.1, 0.15) is 0 Å². The van der Waals surface area contributed by atoms with Crippen LogP contribution >= 0.6 is 12.4 Å². The molecule has 0 aliphatic carbocycles. The molecule has 0 aromatic heterocycles. The first-order valence-corrected chi connectivity index (χ1v) is 7.28. The van der Waals surface area contributed by atoms with Crippen LogP contribution in [0.3, 0.4) is 0 Å². The van der Waals surface area contributed by atoms with E-state index in [1.165, 1.54) is 6.42 Å². The van der Waals surface area contributed by atoms with Gasteiger partial charge in [-0.15, -0.1) is 12.4 Å². The number of carbonyl (C=O) groups is 1. The van der Waals surface area contributed by atoms with Crippen molar-refractivity contribution in [1.82, 2.24) is 15.1 Å². The number of piperidine rings is 1. The average Bonchev–Trinajstić information content (AvgIpc) is 2.31. The zero-order chi connectivity index (χ0) is 13.1. The standard InChI is InChI=1S/C14H27N3O.ClH/c1-11-6-12(2)9-17(8-11)14(18)10-16-5-4-15-7-13(16)3;/h11-13,15H,4-10H2,1-3H3;1H/t11?,12?,13-;/m0./s1. The molecule has 1 amide bonds. The monoisotopic (exact) mass is 289 g/mol. The fraction of sp³-hybridized carbons (Fsp3) is 0.929. The molecule has 19 heavy (non-hydrogen) atoms. The zero-order valence-corrected chi connectivity index (χ0v) is 13.2. The number of hydrogen-bond donors (Lipinski definition) is 1. The molecular weight excluding hydrogens is 262 g/mol. The van der Waals surface area contributed by atoms with E-state index in [1.807, 2.05) is 0 Å². The highest BCUT2D eigenvalue weighted by molar-refractivity contribution is 5.85. The second-order valence-corrected chi connectivity index (χ2v) is 6.27. The van der Waals surface area contributed by atoms with Gasteiger partial charge in [-0.25, -0.2) is 0 Å². The Bertz CT molecular complexity index is 290. The summed E-state index contributed by atoms with van der Waals surface area (Å²) in [6.45, 7) is 12.2. The molecule has 1 N–H and O–H groups in total. The maximum absolute atomic E-state index is 12.4. The van der Waals surface area contributed by atoms with Gasteiger partial charge in [-0.2, -0.15) is 0 Å². The maximum atomic E-state index is 12.4. The van der Waals surface area contributed by atoms with Crippen LogP contribution < -0.4 is 5.32 Å². The lowest BCUT2D eigenvalue weighted by molar-refractivity contribution is -0.135. The first-order valence-electron chi connectivity index (χ1n) is 7.28. The van der Waals surface area contributed by atoms with Crippen molar-refractivity contribution in [2.75, 3.05) is 39.3 Å². The van der Waals surface area contributed by atoms with Gasteiger partial charge in [0.2, 0.25) is 5.91 Å². The number of piperazine rings is 1. The third-order valence-electron chi connectivity index (χ3n) is 4.20. The highest BCUT2D eigenvalue weighted by Gasteiger charge is 2.28. The minimum Gasteiger partial charge on any atom is -0.341 e. The Morgan fingerprint density at radius 3 is 2.42 bits per heavy atom. The molecule has 5 heteroatoms. The Hall–Kier alpha value is -0.320. The number of likely N-dealkylation sites (tertiary alicyclic amines) is 1. The minimum atomic E-state index is 0. The van der Waals surface area contributed by atoms with Crippen molar-refractivity contribution in [1.29, 1.82) is 0 Å². The second-order valence-electron chi connectivity index (χ2n) is 6.27. The summed E-state index contributed by atoms with van der Waals surface area (Å²) in [5, 5.41) is 3.36. The van der Waals surface area contributed by atoms with Crippen molar-refractivity contribution >= 4 is 18.3 Å². The van der Waals surface area contributed by atoms with E-state index in [-0.39, 0.29) is 12.4 Å². The largest absolute Gasteiger partial charge is 0.341 e. The molecule has 112 valence electrons. The lowest BCUT2D eigenvalue weighted by Gasteiger charge is -2.38. The first kappa shape index (κ1) is 16.7. The van der Waals surface area contributed by atoms with Crippen LogP contribution in [-0.2, 0) is 4.79 Å². The van der Waals surface area contributed by atoms with Gasteiger partial charge in [-0.05, 0) is 25.2 Å². The molecule has 4 nitrogen and oxygen atoms in total. The van der Waals surface area contributed by atoms with Crippen molar-refractivity contribution in [3.05, 3.63) is 0 Å². The zero-order valence-electron chi connectivity index (χ0n) is 12.4. The minimum absolute atomic E-state index is 0. The topological polar surface area (TPSA) is 35.6 Å². The van der Waals surface area contributed by atoms with E-state index in [0.717, 1.165) is 32.7 Å². The van der Waals surface area contributed by atoms with E-state index >= 15 is 0 Å². The molecule has 2 unspecified atom stereocenters. The van der Waals surface area contributed by atoms with Crippen LogP contribution in [0.4, 0.5) is 0 Å². The lowest BCUT2D eigenvalue weighted by Crippen LogP contribution is -2.54. The van der Waals surface area contributed by atoms with E-state index in [0.29, 0.717) is 30.3 Å². The molecular formula is C14H28ClN3O. The van der Waals surface area contributed by atoms with Gasteiger partial charge in [-0.3, -0.25) is 9.69 Å². The molecule has 0 radical (unpaired) electrons. The highest BCUT2D eigenvalue weighted by atomic mass is 35.5. The van der Waals surface area contributed by atoms with Crippen LogP contribution in [-0.4, -0.2) is 61.0 Å². The molecule has 2 fully saturated rings. The van der Waals surface area contributed by atoms with Crippen molar-refractivity contribution in [3.8, 4) is 0 Å². The molecule has 0 bridgehead atoms. The molecule has 0 saturated carbocycles. The number of hydrogen-bond acceptors (Lipinski definition) is 3. The summed E-state index contributed by atoms with van der Waals surface area (Å²) in [4.78, 5) is 16.8. The van der Waals surface area contributed by atoms with Crippen molar-refractivity contribution < 1.29 is 4.79 Å². The van der Waals surface area contributed by atoms with E-state index in [2.05, 4.69) is 35.9 Å². The van der Waals surface area contributed by atoms with Crippen molar-refractivity contribution in [3.63, 3.8) is 0 Å². The van der Waals surface area contributed by atoms with E-state index in [1.54, 1.807) is 0 Å². The maximum Gasteiger partial charge on any atom is 0.236 e. The molecule has 2 aliphatic heterocycles. The van der Waals surface area contributed by atoms with Crippen LogP contribution in [0.1, 0.15) is 27.2 Å². The molecule has 0 spiro atoms. The van der Waals surface area contributed by atoms with Crippen LogP contribution in [0.25, 0.3) is 0 Å². The highest BCUT2D eigenvalue weighted by Crippen LogP contribution is 2.21.